The Morgan fingerprint density at radius 2 is 0.821 bits per heavy atom. The number of aromatic nitrogens is 3. The molecule has 0 bridgehead atoms. The van der Waals surface area contributed by atoms with E-state index in [2.05, 4.69) is 175 Å². The van der Waals surface area contributed by atoms with Gasteiger partial charge in [0.25, 0.3) is 0 Å². The van der Waals surface area contributed by atoms with Crippen LogP contribution in [0.2, 0.25) is 0 Å². The molecule has 0 amide bonds. The van der Waals surface area contributed by atoms with E-state index in [1.54, 1.807) is 0 Å². The average molecular weight is 712 g/mol. The molecule has 56 heavy (non-hydrogen) atoms. The fourth-order valence-corrected chi connectivity index (χ4v) is 8.34. The minimum absolute atomic E-state index is 0.684. The quantitative estimate of drug-likeness (QED) is 0.161. The number of hydrogen-bond acceptors (Lipinski definition) is 3. The number of nitrogens with zero attached hydrogens (tertiary/aromatic N) is 3. The molecule has 0 radical (unpaired) electrons. The standard InChI is InChI=1S/C53H33N3/c1-2-11-35(12-3-1)49-33-50(42-16-9-15-41(32-42)48-18-6-7-29-54-48)56-53(55-49)43-17-8-14-39(31-43)44-25-21-36-24-28-47-45(26-22-37-23-27-46(44)51(36)52(37)47)40-20-19-34-10-4-5-13-38(34)30-40/h1-33H. The van der Waals surface area contributed by atoms with E-state index in [4.69, 9.17) is 9.97 Å². The van der Waals surface area contributed by atoms with Crippen LogP contribution in [-0.4, -0.2) is 15.0 Å². The molecule has 0 aliphatic heterocycles. The van der Waals surface area contributed by atoms with Crippen LogP contribution in [0.1, 0.15) is 0 Å². The van der Waals surface area contributed by atoms with Crippen LogP contribution in [0.25, 0.3) is 111 Å². The average Bonchev–Trinajstić information content (AvgIpc) is 3.28. The van der Waals surface area contributed by atoms with Crippen molar-refractivity contribution in [3.63, 3.8) is 0 Å². The number of pyridine rings is 1. The lowest BCUT2D eigenvalue weighted by molar-refractivity contribution is 1.18. The minimum Gasteiger partial charge on any atom is -0.256 e. The number of fused-ring (bicyclic) bond motifs is 1. The molecule has 0 fully saturated rings. The molecule has 0 aliphatic carbocycles. The Balaban J connectivity index is 1.05. The van der Waals surface area contributed by atoms with Gasteiger partial charge in [0.15, 0.2) is 5.82 Å². The summed E-state index contributed by atoms with van der Waals surface area (Å²) in [5.41, 5.74) is 11.5. The first-order chi connectivity index (χ1) is 27.7. The van der Waals surface area contributed by atoms with Crippen LogP contribution in [0.15, 0.2) is 200 Å². The molecule has 0 unspecified atom stereocenters. The van der Waals surface area contributed by atoms with Crippen LogP contribution in [-0.2, 0) is 0 Å². The monoisotopic (exact) mass is 711 g/mol. The van der Waals surface area contributed by atoms with E-state index in [0.717, 1.165) is 44.9 Å². The van der Waals surface area contributed by atoms with Gasteiger partial charge in [0.2, 0.25) is 0 Å². The summed E-state index contributed by atoms with van der Waals surface area (Å²) < 4.78 is 0. The van der Waals surface area contributed by atoms with Crippen molar-refractivity contribution in [2.45, 2.75) is 0 Å². The van der Waals surface area contributed by atoms with Gasteiger partial charge in [-0.05, 0) is 102 Å². The van der Waals surface area contributed by atoms with Crippen LogP contribution in [0.4, 0.5) is 0 Å². The third-order valence-electron chi connectivity index (χ3n) is 11.1. The van der Waals surface area contributed by atoms with E-state index in [9.17, 15) is 0 Å². The van der Waals surface area contributed by atoms with Gasteiger partial charge in [0.1, 0.15) is 0 Å². The topological polar surface area (TPSA) is 38.7 Å². The Hall–Kier alpha value is -7.49. The van der Waals surface area contributed by atoms with E-state index in [1.807, 2.05) is 30.5 Å². The first kappa shape index (κ1) is 32.0. The summed E-state index contributed by atoms with van der Waals surface area (Å²) >= 11 is 0. The molecule has 11 aromatic rings. The second-order valence-corrected chi connectivity index (χ2v) is 14.4. The minimum atomic E-state index is 0.684. The van der Waals surface area contributed by atoms with Crippen molar-refractivity contribution >= 4 is 43.1 Å². The highest BCUT2D eigenvalue weighted by atomic mass is 14.9. The summed E-state index contributed by atoms with van der Waals surface area (Å²) in [5.74, 6) is 0.684. The molecule has 3 nitrogen and oxygen atoms in total. The van der Waals surface area contributed by atoms with Crippen molar-refractivity contribution in [2.24, 2.45) is 0 Å². The van der Waals surface area contributed by atoms with Crippen LogP contribution in [0.3, 0.4) is 0 Å². The van der Waals surface area contributed by atoms with Crippen LogP contribution in [0.5, 0.6) is 0 Å². The van der Waals surface area contributed by atoms with Crippen LogP contribution >= 0.6 is 0 Å². The Morgan fingerprint density at radius 3 is 1.54 bits per heavy atom. The third kappa shape index (κ3) is 5.49. The molecule has 0 aliphatic rings. The Morgan fingerprint density at radius 1 is 0.286 bits per heavy atom. The maximum Gasteiger partial charge on any atom is 0.160 e. The maximum atomic E-state index is 5.22. The predicted molar refractivity (Wildman–Crippen MR) is 234 cm³/mol. The summed E-state index contributed by atoms with van der Waals surface area (Å²) in [6, 6.07) is 69.2. The molecule has 0 saturated heterocycles. The molecular weight excluding hydrogens is 679 g/mol. The zero-order valence-corrected chi connectivity index (χ0v) is 30.4. The molecule has 2 heterocycles. The van der Waals surface area contributed by atoms with Crippen LogP contribution in [0, 0.1) is 0 Å². The molecule has 0 N–H and O–H groups in total. The van der Waals surface area contributed by atoms with Gasteiger partial charge < -0.3 is 0 Å². The fourth-order valence-electron chi connectivity index (χ4n) is 8.34. The number of rotatable bonds is 6. The summed E-state index contributed by atoms with van der Waals surface area (Å²) in [4.78, 5) is 15.0. The van der Waals surface area contributed by atoms with E-state index in [1.165, 1.54) is 59.8 Å². The lowest BCUT2D eigenvalue weighted by Crippen LogP contribution is -1.96. The molecule has 11 rings (SSSR count). The second kappa shape index (κ2) is 13.1. The Bertz CT molecular complexity index is 3240. The summed E-state index contributed by atoms with van der Waals surface area (Å²) in [6.07, 6.45) is 1.83. The van der Waals surface area contributed by atoms with Crippen molar-refractivity contribution in [2.75, 3.05) is 0 Å². The Labute approximate surface area is 324 Å². The van der Waals surface area contributed by atoms with E-state index >= 15 is 0 Å². The SMILES string of the molecule is c1ccc(-c2cc(-c3cccc(-c4ccccn4)c3)nc(-c3cccc(-c4ccc5ccc6c(-c7ccc8ccccc8c7)ccc7ccc4c5c76)c3)n2)cc1. The first-order valence-corrected chi connectivity index (χ1v) is 19.0. The van der Waals surface area contributed by atoms with E-state index < -0.39 is 0 Å². The maximum absolute atomic E-state index is 5.22. The van der Waals surface area contributed by atoms with Gasteiger partial charge in [0, 0.05) is 28.5 Å². The van der Waals surface area contributed by atoms with Gasteiger partial charge in [-0.15, -0.1) is 0 Å². The Kier molecular flexibility index (Phi) is 7.49. The summed E-state index contributed by atoms with van der Waals surface area (Å²) in [6.45, 7) is 0. The lowest BCUT2D eigenvalue weighted by Gasteiger charge is -2.17. The summed E-state index contributed by atoms with van der Waals surface area (Å²) in [5, 5.41) is 10.1. The third-order valence-corrected chi connectivity index (χ3v) is 11.1. The molecule has 0 spiro atoms. The van der Waals surface area contributed by atoms with Crippen molar-refractivity contribution in [1.82, 2.24) is 15.0 Å². The van der Waals surface area contributed by atoms with Crippen molar-refractivity contribution in [1.29, 1.82) is 0 Å². The molecule has 0 saturated carbocycles. The molecule has 0 atom stereocenters. The highest BCUT2D eigenvalue weighted by molar-refractivity contribution is 6.27. The molecule has 2 aromatic heterocycles. The largest absolute Gasteiger partial charge is 0.256 e. The zero-order valence-electron chi connectivity index (χ0n) is 30.4. The first-order valence-electron chi connectivity index (χ1n) is 19.0. The van der Waals surface area contributed by atoms with Gasteiger partial charge in [0.05, 0.1) is 17.1 Å². The molecular formula is C53H33N3. The molecule has 9 aromatic carbocycles. The predicted octanol–water partition coefficient (Wildman–Crippen LogP) is 13.9. The van der Waals surface area contributed by atoms with Crippen LogP contribution < -0.4 is 0 Å². The van der Waals surface area contributed by atoms with Gasteiger partial charge in [-0.2, -0.15) is 0 Å². The van der Waals surface area contributed by atoms with E-state index in [0.29, 0.717) is 5.82 Å². The number of benzene rings is 9. The smallest absolute Gasteiger partial charge is 0.160 e. The highest BCUT2D eigenvalue weighted by Gasteiger charge is 2.17. The molecule has 260 valence electrons. The van der Waals surface area contributed by atoms with Gasteiger partial charge in [-0.25, -0.2) is 9.97 Å². The molecule has 3 heteroatoms. The van der Waals surface area contributed by atoms with Gasteiger partial charge in [-0.1, -0.05) is 158 Å². The zero-order chi connectivity index (χ0) is 37.0. The van der Waals surface area contributed by atoms with Gasteiger partial charge in [-0.3, -0.25) is 4.98 Å². The summed E-state index contributed by atoms with van der Waals surface area (Å²) in [7, 11) is 0. The number of hydrogen-bond donors (Lipinski definition) is 0. The highest BCUT2D eigenvalue weighted by Crippen LogP contribution is 2.43. The lowest BCUT2D eigenvalue weighted by atomic mass is 9.87. The normalized spacial score (nSPS) is 11.6. The van der Waals surface area contributed by atoms with E-state index in [-0.39, 0.29) is 0 Å². The van der Waals surface area contributed by atoms with Gasteiger partial charge >= 0.3 is 0 Å². The van der Waals surface area contributed by atoms with Crippen molar-refractivity contribution in [3.05, 3.63) is 200 Å². The van der Waals surface area contributed by atoms with Crippen molar-refractivity contribution < 1.29 is 0 Å². The fraction of sp³-hybridized carbons (Fsp3) is 0. The van der Waals surface area contributed by atoms with Crippen molar-refractivity contribution in [3.8, 4) is 67.4 Å². The second-order valence-electron chi connectivity index (χ2n) is 14.4.